The molecule has 2 fully saturated rings. The number of carbonyl (C=O) groups is 1. The molecule has 5 nitrogen and oxygen atoms in total. The van der Waals surface area contributed by atoms with Crippen molar-refractivity contribution in [2.24, 2.45) is 0 Å². The average Bonchev–Trinajstić information content (AvgIpc) is 3.26. The molecule has 0 unspecified atom stereocenters. The van der Waals surface area contributed by atoms with Crippen molar-refractivity contribution in [2.75, 3.05) is 38.2 Å². The molecule has 2 heterocycles. The highest BCUT2D eigenvalue weighted by molar-refractivity contribution is 5.90. The van der Waals surface area contributed by atoms with E-state index in [0.29, 0.717) is 18.7 Å². The van der Waals surface area contributed by atoms with Crippen molar-refractivity contribution >= 4 is 11.6 Å². The molecule has 25 heavy (non-hydrogen) atoms. The topological polar surface area (TPSA) is 50.8 Å². The second-order valence-corrected chi connectivity index (χ2v) is 6.84. The molecule has 0 bridgehead atoms. The van der Waals surface area contributed by atoms with Crippen LogP contribution in [0.3, 0.4) is 0 Å². The van der Waals surface area contributed by atoms with Crippen LogP contribution in [0.2, 0.25) is 0 Å². The minimum atomic E-state index is -0.351. The zero-order chi connectivity index (χ0) is 17.5. The third-order valence-electron chi connectivity index (χ3n) is 4.74. The van der Waals surface area contributed by atoms with E-state index in [0.717, 1.165) is 52.0 Å². The molecule has 0 saturated carbocycles. The van der Waals surface area contributed by atoms with Crippen LogP contribution in [-0.4, -0.2) is 55.9 Å². The molecule has 2 aliphatic heterocycles. The molecule has 1 amide bonds. The van der Waals surface area contributed by atoms with Gasteiger partial charge in [0.1, 0.15) is 5.82 Å². The summed E-state index contributed by atoms with van der Waals surface area (Å²) in [6, 6.07) is 5.97. The number of amides is 1. The van der Waals surface area contributed by atoms with Gasteiger partial charge in [-0.1, -0.05) is 6.07 Å². The monoisotopic (exact) mass is 350 g/mol. The van der Waals surface area contributed by atoms with Gasteiger partial charge < -0.3 is 14.8 Å². The van der Waals surface area contributed by atoms with Crippen molar-refractivity contribution in [3.8, 4) is 0 Å². The lowest BCUT2D eigenvalue weighted by Gasteiger charge is -2.27. The lowest BCUT2D eigenvalue weighted by molar-refractivity contribution is -0.116. The number of hydrogen-bond acceptors (Lipinski definition) is 4. The molecular weight excluding hydrogens is 323 g/mol. The summed E-state index contributed by atoms with van der Waals surface area (Å²) in [5, 5.41) is 2.76. The molecule has 2 atom stereocenters. The van der Waals surface area contributed by atoms with Crippen LogP contribution in [-0.2, 0) is 14.3 Å². The first-order chi connectivity index (χ1) is 12.2. The Kier molecular flexibility index (Phi) is 6.78. The van der Waals surface area contributed by atoms with Crippen molar-refractivity contribution in [2.45, 2.75) is 44.3 Å². The van der Waals surface area contributed by atoms with Crippen LogP contribution in [0.5, 0.6) is 0 Å². The van der Waals surface area contributed by atoms with E-state index in [4.69, 9.17) is 9.47 Å². The van der Waals surface area contributed by atoms with Crippen LogP contribution in [0.25, 0.3) is 0 Å². The van der Waals surface area contributed by atoms with Crippen molar-refractivity contribution in [1.29, 1.82) is 0 Å². The fourth-order valence-electron chi connectivity index (χ4n) is 3.46. The largest absolute Gasteiger partial charge is 0.377 e. The van der Waals surface area contributed by atoms with Crippen molar-refractivity contribution in [3.05, 3.63) is 30.1 Å². The summed E-state index contributed by atoms with van der Waals surface area (Å²) in [5.74, 6) is -0.452. The normalized spacial score (nSPS) is 23.3. The Morgan fingerprint density at radius 3 is 2.40 bits per heavy atom. The Morgan fingerprint density at radius 2 is 1.84 bits per heavy atom. The van der Waals surface area contributed by atoms with E-state index in [-0.39, 0.29) is 23.9 Å². The van der Waals surface area contributed by atoms with Crippen LogP contribution in [0.4, 0.5) is 10.1 Å². The Balaban J connectivity index is 1.48. The summed E-state index contributed by atoms with van der Waals surface area (Å²) in [7, 11) is 0. The number of rotatable bonds is 8. The minimum absolute atomic E-state index is 0.102. The summed E-state index contributed by atoms with van der Waals surface area (Å²) < 4.78 is 24.7. The first kappa shape index (κ1) is 18.3. The van der Waals surface area contributed by atoms with Crippen molar-refractivity contribution in [3.63, 3.8) is 0 Å². The van der Waals surface area contributed by atoms with Gasteiger partial charge in [-0.25, -0.2) is 4.39 Å². The third kappa shape index (κ3) is 6.06. The minimum Gasteiger partial charge on any atom is -0.377 e. The smallest absolute Gasteiger partial charge is 0.225 e. The van der Waals surface area contributed by atoms with Crippen molar-refractivity contribution < 1.29 is 18.7 Å². The maximum atomic E-state index is 13.2. The van der Waals surface area contributed by atoms with Gasteiger partial charge in [0, 0.05) is 45.0 Å². The summed E-state index contributed by atoms with van der Waals surface area (Å²) in [5.41, 5.74) is 0.495. The van der Waals surface area contributed by atoms with Gasteiger partial charge in [0.05, 0.1) is 12.2 Å². The molecule has 0 spiro atoms. The number of benzene rings is 1. The average molecular weight is 350 g/mol. The maximum absolute atomic E-state index is 13.2. The molecule has 138 valence electrons. The summed E-state index contributed by atoms with van der Waals surface area (Å²) in [6.45, 7) is 4.00. The molecule has 1 N–H and O–H groups in total. The fourth-order valence-corrected chi connectivity index (χ4v) is 3.46. The van der Waals surface area contributed by atoms with E-state index >= 15 is 0 Å². The van der Waals surface area contributed by atoms with E-state index in [1.165, 1.54) is 12.1 Å². The zero-order valence-corrected chi connectivity index (χ0v) is 14.6. The van der Waals surface area contributed by atoms with Crippen LogP contribution in [0.15, 0.2) is 24.3 Å². The van der Waals surface area contributed by atoms with Gasteiger partial charge in [0.15, 0.2) is 0 Å². The van der Waals surface area contributed by atoms with Crippen molar-refractivity contribution in [1.82, 2.24) is 4.90 Å². The Hall–Kier alpha value is -1.50. The van der Waals surface area contributed by atoms with Gasteiger partial charge in [-0.3, -0.25) is 9.69 Å². The van der Waals surface area contributed by atoms with E-state index in [1.807, 2.05) is 0 Å². The maximum Gasteiger partial charge on any atom is 0.225 e. The number of hydrogen-bond donors (Lipinski definition) is 1. The second-order valence-electron chi connectivity index (χ2n) is 6.84. The van der Waals surface area contributed by atoms with E-state index in [9.17, 15) is 9.18 Å². The molecular formula is C19H27FN2O3. The molecule has 6 heteroatoms. The quantitative estimate of drug-likeness (QED) is 0.783. The number of halogens is 1. The van der Waals surface area contributed by atoms with E-state index in [2.05, 4.69) is 10.2 Å². The first-order valence-corrected chi connectivity index (χ1v) is 9.20. The second kappa shape index (κ2) is 9.27. The number of anilines is 1. The molecule has 0 radical (unpaired) electrons. The highest BCUT2D eigenvalue weighted by atomic mass is 19.1. The molecule has 0 aromatic heterocycles. The van der Waals surface area contributed by atoms with Gasteiger partial charge in [-0.15, -0.1) is 0 Å². The molecule has 3 rings (SSSR count). The van der Waals surface area contributed by atoms with Crippen LogP contribution < -0.4 is 5.32 Å². The Bertz CT molecular complexity index is 539. The highest BCUT2D eigenvalue weighted by Crippen LogP contribution is 2.17. The summed E-state index contributed by atoms with van der Waals surface area (Å²) in [6.07, 6.45) is 5.27. The first-order valence-electron chi connectivity index (χ1n) is 9.20. The van der Waals surface area contributed by atoms with Gasteiger partial charge in [0.25, 0.3) is 0 Å². The number of nitrogens with one attached hydrogen (secondary N) is 1. The standard InChI is InChI=1S/C19H27FN2O3/c20-15-4-1-5-16(12-15)21-19(23)8-9-22(13-17-6-2-10-24-17)14-18-7-3-11-25-18/h1,4-5,12,17-18H,2-3,6-11,13-14H2,(H,21,23)/t17-,18-/m0/s1. The number of ether oxygens (including phenoxy) is 2. The lowest BCUT2D eigenvalue weighted by Crippen LogP contribution is -2.39. The summed E-state index contributed by atoms with van der Waals surface area (Å²) in [4.78, 5) is 14.5. The van der Waals surface area contributed by atoms with E-state index in [1.54, 1.807) is 12.1 Å². The number of nitrogens with zero attached hydrogens (tertiary/aromatic N) is 1. The number of carbonyl (C=O) groups excluding carboxylic acids is 1. The van der Waals surface area contributed by atoms with E-state index < -0.39 is 0 Å². The highest BCUT2D eigenvalue weighted by Gasteiger charge is 2.24. The Morgan fingerprint density at radius 1 is 1.16 bits per heavy atom. The third-order valence-corrected chi connectivity index (χ3v) is 4.74. The molecule has 1 aromatic carbocycles. The molecule has 2 saturated heterocycles. The fraction of sp³-hybridized carbons (Fsp3) is 0.632. The molecule has 1 aromatic rings. The van der Waals surface area contributed by atoms with Gasteiger partial charge in [0.2, 0.25) is 5.91 Å². The van der Waals surface area contributed by atoms with Crippen LogP contribution in [0.1, 0.15) is 32.1 Å². The SMILES string of the molecule is O=C(CCN(C[C@@H]1CCCO1)C[C@@H]1CCCO1)Nc1cccc(F)c1. The predicted octanol–water partition coefficient (Wildman–Crippen LogP) is 2.81. The molecule has 0 aliphatic carbocycles. The Labute approximate surface area is 148 Å². The van der Waals surface area contributed by atoms with Gasteiger partial charge in [-0.05, 0) is 43.9 Å². The zero-order valence-electron chi connectivity index (χ0n) is 14.6. The lowest BCUT2D eigenvalue weighted by atomic mass is 10.2. The van der Waals surface area contributed by atoms with Crippen LogP contribution >= 0.6 is 0 Å². The molecule has 2 aliphatic rings. The summed E-state index contributed by atoms with van der Waals surface area (Å²) >= 11 is 0. The van der Waals surface area contributed by atoms with Gasteiger partial charge in [-0.2, -0.15) is 0 Å². The van der Waals surface area contributed by atoms with Crippen LogP contribution in [0, 0.1) is 5.82 Å². The predicted molar refractivity (Wildman–Crippen MR) is 94.0 cm³/mol. The van der Waals surface area contributed by atoms with Gasteiger partial charge >= 0.3 is 0 Å².